The second-order valence-electron chi connectivity index (χ2n) is 13.5. The number of carbonyl (C=O) groups is 4. The number of hydrogen-bond donors (Lipinski definition) is 4. The van der Waals surface area contributed by atoms with Crippen LogP contribution < -0.4 is 16.0 Å². The van der Waals surface area contributed by atoms with E-state index in [0.717, 1.165) is 19.3 Å². The van der Waals surface area contributed by atoms with Gasteiger partial charge in [0.15, 0.2) is 5.78 Å². The molecule has 2 unspecified atom stereocenters. The van der Waals surface area contributed by atoms with E-state index in [0.29, 0.717) is 45.1 Å². The summed E-state index contributed by atoms with van der Waals surface area (Å²) in [5.41, 5.74) is -1.46. The first kappa shape index (κ1) is 31.6. The van der Waals surface area contributed by atoms with Crippen LogP contribution in [0.1, 0.15) is 92.4 Å². The van der Waals surface area contributed by atoms with Gasteiger partial charge in [0.2, 0.25) is 17.7 Å². The number of aliphatic hydroxyl groups is 1. The van der Waals surface area contributed by atoms with E-state index in [2.05, 4.69) is 22.0 Å². The quantitative estimate of drug-likeness (QED) is 0.195. The zero-order valence-corrected chi connectivity index (χ0v) is 25.5. The van der Waals surface area contributed by atoms with Crippen molar-refractivity contribution in [3.63, 3.8) is 0 Å². The van der Waals surface area contributed by atoms with Gasteiger partial charge in [0.05, 0.1) is 18.3 Å². The van der Waals surface area contributed by atoms with Crippen molar-refractivity contribution >= 4 is 23.5 Å². The van der Waals surface area contributed by atoms with E-state index >= 15 is 0 Å². The standard InChI is InChI=1S/C31H49N3O7/c1-18(20(3)40-6)15-24(33-25(35)19(2)32-26(36)22-11-13-29(4,39)14-12-22)27(37)34-31(28(38)30(5)17-41-30)16-23(31)21-9-7-8-10-21/h9,18-20,22-24,39H,7-8,10-17H2,1-6H3,(H,32,36)(H,33,35)(H,34,37)/t18?,19-,20+,22?,23+,24+,29?,30-,31?/m1/s1. The molecule has 1 heterocycles. The first-order valence-electron chi connectivity index (χ1n) is 15.3. The van der Waals surface area contributed by atoms with Gasteiger partial charge < -0.3 is 30.5 Å². The topological polar surface area (TPSA) is 146 Å². The molecule has 4 N–H and O–H groups in total. The normalized spacial score (nSPS) is 35.3. The van der Waals surface area contributed by atoms with Gasteiger partial charge >= 0.3 is 0 Å². The maximum Gasteiger partial charge on any atom is 0.243 e. The van der Waals surface area contributed by atoms with E-state index in [4.69, 9.17) is 9.47 Å². The van der Waals surface area contributed by atoms with Crippen molar-refractivity contribution < 1.29 is 33.8 Å². The van der Waals surface area contributed by atoms with E-state index < -0.39 is 40.6 Å². The third-order valence-corrected chi connectivity index (χ3v) is 9.89. The highest BCUT2D eigenvalue weighted by Gasteiger charge is 2.69. The second kappa shape index (κ2) is 12.1. The molecule has 3 amide bonds. The summed E-state index contributed by atoms with van der Waals surface area (Å²) >= 11 is 0. The number of amides is 3. The molecule has 3 aliphatic carbocycles. The first-order chi connectivity index (χ1) is 19.2. The lowest BCUT2D eigenvalue weighted by Gasteiger charge is -2.33. The molecule has 2 saturated carbocycles. The molecule has 230 valence electrons. The second-order valence-corrected chi connectivity index (χ2v) is 13.5. The lowest BCUT2D eigenvalue weighted by Crippen LogP contribution is -2.58. The minimum absolute atomic E-state index is 0.0522. The number of methoxy groups -OCH3 is 1. The number of ketones is 1. The largest absolute Gasteiger partial charge is 0.390 e. The molecule has 4 aliphatic rings. The Balaban J connectivity index is 1.45. The average molecular weight is 576 g/mol. The Morgan fingerprint density at radius 3 is 2.32 bits per heavy atom. The molecule has 1 aliphatic heterocycles. The molecule has 0 spiro atoms. The zero-order valence-electron chi connectivity index (χ0n) is 25.5. The molecule has 7 atom stereocenters. The van der Waals surface area contributed by atoms with E-state index in [1.165, 1.54) is 5.57 Å². The number of epoxide rings is 1. The molecule has 0 aromatic carbocycles. The van der Waals surface area contributed by atoms with Crippen molar-refractivity contribution in [2.75, 3.05) is 13.7 Å². The van der Waals surface area contributed by atoms with Gasteiger partial charge in [-0.1, -0.05) is 18.6 Å². The number of ether oxygens (including phenoxy) is 2. The molecule has 10 heteroatoms. The predicted octanol–water partition coefficient (Wildman–Crippen LogP) is 2.32. The summed E-state index contributed by atoms with van der Waals surface area (Å²) < 4.78 is 11.0. The highest BCUT2D eigenvalue weighted by atomic mass is 16.6. The summed E-state index contributed by atoms with van der Waals surface area (Å²) in [4.78, 5) is 53.6. The van der Waals surface area contributed by atoms with Crippen molar-refractivity contribution in [2.45, 2.75) is 127 Å². The van der Waals surface area contributed by atoms with Gasteiger partial charge in [0.1, 0.15) is 23.2 Å². The van der Waals surface area contributed by atoms with Crippen molar-refractivity contribution in [2.24, 2.45) is 17.8 Å². The number of Topliss-reactive ketones (excluding diaryl/α,β-unsaturated/α-hetero) is 1. The Hall–Kier alpha value is -2.30. The molecular formula is C31H49N3O7. The summed E-state index contributed by atoms with van der Waals surface area (Å²) in [6, 6.07) is -1.78. The molecule has 0 aromatic rings. The number of carbonyl (C=O) groups excluding carboxylic acids is 4. The summed E-state index contributed by atoms with van der Waals surface area (Å²) in [7, 11) is 1.60. The molecular weight excluding hydrogens is 526 g/mol. The monoisotopic (exact) mass is 575 g/mol. The summed E-state index contributed by atoms with van der Waals surface area (Å²) in [5.74, 6) is -1.60. The van der Waals surface area contributed by atoms with Gasteiger partial charge in [-0.2, -0.15) is 0 Å². The van der Waals surface area contributed by atoms with Crippen LogP contribution in [0.3, 0.4) is 0 Å². The molecule has 0 bridgehead atoms. The molecule has 0 aromatic heterocycles. The van der Waals surface area contributed by atoms with Gasteiger partial charge in [0, 0.05) is 18.9 Å². The van der Waals surface area contributed by atoms with Crippen molar-refractivity contribution in [3.8, 4) is 0 Å². The summed E-state index contributed by atoms with van der Waals surface area (Å²) in [6.07, 6.45) is 7.99. The van der Waals surface area contributed by atoms with Crippen molar-refractivity contribution in [1.29, 1.82) is 0 Å². The predicted molar refractivity (Wildman–Crippen MR) is 153 cm³/mol. The smallest absolute Gasteiger partial charge is 0.243 e. The first-order valence-corrected chi connectivity index (χ1v) is 15.3. The van der Waals surface area contributed by atoms with Crippen LogP contribution in [0.2, 0.25) is 0 Å². The Morgan fingerprint density at radius 1 is 1.10 bits per heavy atom. The van der Waals surface area contributed by atoms with Crippen LogP contribution >= 0.6 is 0 Å². The number of allylic oxidation sites excluding steroid dienone is 1. The Labute approximate surface area is 243 Å². The van der Waals surface area contributed by atoms with Crippen LogP contribution in [-0.2, 0) is 28.7 Å². The van der Waals surface area contributed by atoms with Gasteiger partial charge in [0.25, 0.3) is 0 Å². The van der Waals surface area contributed by atoms with Crippen molar-refractivity contribution in [3.05, 3.63) is 11.6 Å². The fraction of sp³-hybridized carbons (Fsp3) is 0.806. The molecule has 0 radical (unpaired) electrons. The summed E-state index contributed by atoms with van der Waals surface area (Å²) in [5, 5.41) is 18.9. The van der Waals surface area contributed by atoms with Gasteiger partial charge in [-0.05, 0) is 91.4 Å². The fourth-order valence-electron chi connectivity index (χ4n) is 6.41. The highest BCUT2D eigenvalue weighted by molar-refractivity contribution is 6.04. The minimum Gasteiger partial charge on any atom is -0.390 e. The Bertz CT molecular complexity index is 1060. The Kier molecular flexibility index (Phi) is 9.36. The van der Waals surface area contributed by atoms with Crippen LogP contribution in [0.25, 0.3) is 0 Å². The van der Waals surface area contributed by atoms with E-state index in [-0.39, 0.29) is 35.5 Å². The van der Waals surface area contributed by atoms with E-state index in [9.17, 15) is 24.3 Å². The molecule has 1 saturated heterocycles. The van der Waals surface area contributed by atoms with Crippen LogP contribution in [-0.4, -0.2) is 77.3 Å². The number of nitrogens with one attached hydrogen (secondary N) is 3. The maximum absolute atomic E-state index is 13.9. The third kappa shape index (κ3) is 7.20. The van der Waals surface area contributed by atoms with Crippen molar-refractivity contribution in [1.82, 2.24) is 16.0 Å². The average Bonchev–Trinajstić information content (AvgIpc) is 3.78. The molecule has 10 nitrogen and oxygen atoms in total. The minimum atomic E-state index is -1.03. The van der Waals surface area contributed by atoms with Crippen LogP contribution in [0, 0.1) is 17.8 Å². The zero-order chi connectivity index (χ0) is 30.2. The van der Waals surface area contributed by atoms with Crippen LogP contribution in [0.15, 0.2) is 11.6 Å². The van der Waals surface area contributed by atoms with Crippen LogP contribution in [0.4, 0.5) is 0 Å². The van der Waals surface area contributed by atoms with Gasteiger partial charge in [-0.3, -0.25) is 19.2 Å². The van der Waals surface area contributed by atoms with E-state index in [1.807, 2.05) is 13.8 Å². The fourth-order valence-corrected chi connectivity index (χ4v) is 6.41. The highest BCUT2D eigenvalue weighted by Crippen LogP contribution is 2.55. The lowest BCUT2D eigenvalue weighted by molar-refractivity contribution is -0.136. The molecule has 3 fully saturated rings. The maximum atomic E-state index is 13.9. The summed E-state index contributed by atoms with van der Waals surface area (Å²) in [6.45, 7) is 9.34. The lowest BCUT2D eigenvalue weighted by atomic mass is 9.79. The SMILES string of the molecule is CO[C@@H](C)C(C)C[C@H](NC(=O)[C@@H](C)NC(=O)C1CCC(C)(O)CC1)C(=O)NC1(C(=O)[C@@]2(C)CO2)C[C@H]1C1=CCCC1. The third-order valence-electron chi connectivity index (χ3n) is 9.89. The Morgan fingerprint density at radius 2 is 1.76 bits per heavy atom. The molecule has 4 rings (SSSR count). The van der Waals surface area contributed by atoms with E-state index in [1.54, 1.807) is 27.9 Å². The number of hydrogen-bond acceptors (Lipinski definition) is 7. The van der Waals surface area contributed by atoms with Gasteiger partial charge in [-0.15, -0.1) is 0 Å². The number of rotatable bonds is 13. The molecule has 41 heavy (non-hydrogen) atoms. The van der Waals surface area contributed by atoms with Gasteiger partial charge in [-0.25, -0.2) is 0 Å². The van der Waals surface area contributed by atoms with Crippen LogP contribution in [0.5, 0.6) is 0 Å².